The summed E-state index contributed by atoms with van der Waals surface area (Å²) in [7, 11) is 0. The highest BCUT2D eigenvalue weighted by molar-refractivity contribution is 5.76. The first-order chi connectivity index (χ1) is 6.42. The summed E-state index contributed by atoms with van der Waals surface area (Å²) < 4.78 is 5.20. The van der Waals surface area contributed by atoms with Crippen LogP contribution in [-0.2, 0) is 9.53 Å². The monoisotopic (exact) mass is 196 g/mol. The van der Waals surface area contributed by atoms with Gasteiger partial charge in [-0.3, -0.25) is 10.1 Å². The van der Waals surface area contributed by atoms with E-state index in [1.807, 2.05) is 20.8 Å². The molecule has 1 saturated heterocycles. The maximum absolute atomic E-state index is 11.5. The lowest BCUT2D eigenvalue weighted by atomic mass is 10.1. The molecule has 0 saturated carbocycles. The summed E-state index contributed by atoms with van der Waals surface area (Å²) >= 11 is 0. The Morgan fingerprint density at radius 2 is 2.14 bits per heavy atom. The van der Waals surface area contributed by atoms with E-state index in [1.165, 1.54) is 0 Å². The van der Waals surface area contributed by atoms with Crippen molar-refractivity contribution in [3.63, 3.8) is 0 Å². The smallest absolute Gasteiger partial charge is 0.323 e. The highest BCUT2D eigenvalue weighted by atomic mass is 16.6. The average Bonchev–Trinajstić information content (AvgIpc) is 2.48. The summed E-state index contributed by atoms with van der Waals surface area (Å²) in [5.74, 6) is -0.254. The molecule has 78 valence electrons. The van der Waals surface area contributed by atoms with E-state index in [4.69, 9.17) is 10.00 Å². The number of esters is 1. The van der Waals surface area contributed by atoms with Crippen LogP contribution in [0.4, 0.5) is 0 Å². The van der Waals surface area contributed by atoms with E-state index in [0.717, 1.165) is 6.42 Å². The number of ether oxygens (including phenoxy) is 1. The van der Waals surface area contributed by atoms with E-state index < -0.39 is 5.60 Å². The molecule has 1 fully saturated rings. The van der Waals surface area contributed by atoms with Crippen LogP contribution >= 0.6 is 0 Å². The molecule has 0 aromatic heterocycles. The molecule has 1 rings (SSSR count). The highest BCUT2D eigenvalue weighted by Gasteiger charge is 2.32. The van der Waals surface area contributed by atoms with Gasteiger partial charge in [0.1, 0.15) is 11.6 Å². The van der Waals surface area contributed by atoms with E-state index >= 15 is 0 Å². The highest BCUT2D eigenvalue weighted by Crippen LogP contribution is 2.16. The zero-order chi connectivity index (χ0) is 10.8. The molecule has 0 spiro atoms. The molecular formula is C10H16N2O2. The molecule has 0 aromatic carbocycles. The van der Waals surface area contributed by atoms with Crippen LogP contribution in [0, 0.1) is 11.3 Å². The number of nitriles is 1. The van der Waals surface area contributed by atoms with E-state index in [0.29, 0.717) is 6.42 Å². The van der Waals surface area contributed by atoms with Crippen LogP contribution in [0.2, 0.25) is 0 Å². The topological polar surface area (TPSA) is 62.1 Å². The number of carbonyl (C=O) groups is 1. The van der Waals surface area contributed by atoms with Crippen molar-refractivity contribution in [3.05, 3.63) is 0 Å². The van der Waals surface area contributed by atoms with Gasteiger partial charge in [0, 0.05) is 0 Å². The molecular weight excluding hydrogens is 180 g/mol. The van der Waals surface area contributed by atoms with E-state index in [2.05, 4.69) is 11.4 Å². The summed E-state index contributed by atoms with van der Waals surface area (Å²) in [4.78, 5) is 11.5. The van der Waals surface area contributed by atoms with Gasteiger partial charge in [-0.1, -0.05) is 0 Å². The van der Waals surface area contributed by atoms with Crippen molar-refractivity contribution >= 4 is 5.97 Å². The zero-order valence-electron chi connectivity index (χ0n) is 8.83. The number of hydrogen-bond acceptors (Lipinski definition) is 4. The van der Waals surface area contributed by atoms with Crippen molar-refractivity contribution in [3.8, 4) is 6.07 Å². The first-order valence-corrected chi connectivity index (χ1v) is 4.81. The largest absolute Gasteiger partial charge is 0.459 e. The molecule has 1 N–H and O–H groups in total. The van der Waals surface area contributed by atoms with Crippen molar-refractivity contribution in [1.29, 1.82) is 5.26 Å². The molecule has 4 nitrogen and oxygen atoms in total. The van der Waals surface area contributed by atoms with E-state index in [9.17, 15) is 4.79 Å². The fourth-order valence-corrected chi connectivity index (χ4v) is 1.40. The lowest BCUT2D eigenvalue weighted by Gasteiger charge is -2.22. The molecule has 0 unspecified atom stereocenters. The molecule has 0 amide bonds. The van der Waals surface area contributed by atoms with Crippen molar-refractivity contribution in [2.24, 2.45) is 0 Å². The van der Waals surface area contributed by atoms with Gasteiger partial charge in [0.2, 0.25) is 0 Å². The minimum Gasteiger partial charge on any atom is -0.459 e. The van der Waals surface area contributed by atoms with Crippen LogP contribution in [0.15, 0.2) is 0 Å². The Kier molecular flexibility index (Phi) is 3.12. The Balaban J connectivity index is 2.45. The van der Waals surface area contributed by atoms with Crippen LogP contribution in [0.25, 0.3) is 0 Å². The zero-order valence-corrected chi connectivity index (χ0v) is 8.83. The summed E-state index contributed by atoms with van der Waals surface area (Å²) in [6.07, 6.45) is 1.41. The van der Waals surface area contributed by atoms with Crippen molar-refractivity contribution in [1.82, 2.24) is 5.32 Å². The molecule has 0 aliphatic carbocycles. The quantitative estimate of drug-likeness (QED) is 0.635. The molecule has 0 bridgehead atoms. The van der Waals surface area contributed by atoms with Gasteiger partial charge >= 0.3 is 5.97 Å². The minimum atomic E-state index is -0.455. The second-order valence-electron chi connectivity index (χ2n) is 4.51. The van der Waals surface area contributed by atoms with E-state index in [-0.39, 0.29) is 18.1 Å². The third kappa shape index (κ3) is 3.00. The van der Waals surface area contributed by atoms with Crippen LogP contribution in [0.3, 0.4) is 0 Å². The van der Waals surface area contributed by atoms with Gasteiger partial charge in [0.15, 0.2) is 0 Å². The normalized spacial score (nSPS) is 27.0. The molecule has 1 heterocycles. The molecule has 0 radical (unpaired) electrons. The molecule has 1 aliphatic heterocycles. The van der Waals surface area contributed by atoms with E-state index in [1.54, 1.807) is 0 Å². The van der Waals surface area contributed by atoms with Crippen molar-refractivity contribution < 1.29 is 9.53 Å². The molecule has 2 atom stereocenters. The third-order valence-electron chi connectivity index (χ3n) is 1.99. The number of carbonyl (C=O) groups excluding carboxylic acids is 1. The van der Waals surface area contributed by atoms with Gasteiger partial charge in [-0.05, 0) is 33.6 Å². The second kappa shape index (κ2) is 3.97. The van der Waals surface area contributed by atoms with Gasteiger partial charge in [-0.2, -0.15) is 5.26 Å². The first-order valence-electron chi connectivity index (χ1n) is 4.81. The van der Waals surface area contributed by atoms with Crippen LogP contribution < -0.4 is 5.32 Å². The number of nitrogens with zero attached hydrogens (tertiary/aromatic N) is 1. The second-order valence-corrected chi connectivity index (χ2v) is 4.51. The van der Waals surface area contributed by atoms with Gasteiger partial charge in [0.25, 0.3) is 0 Å². The Hall–Kier alpha value is -1.08. The van der Waals surface area contributed by atoms with Crippen molar-refractivity contribution in [2.75, 3.05) is 0 Å². The maximum Gasteiger partial charge on any atom is 0.323 e. The fourth-order valence-electron chi connectivity index (χ4n) is 1.40. The summed E-state index contributed by atoms with van der Waals surface area (Å²) in [6, 6.07) is 1.58. The average molecular weight is 196 g/mol. The van der Waals surface area contributed by atoms with Crippen LogP contribution in [0.5, 0.6) is 0 Å². The van der Waals surface area contributed by atoms with Gasteiger partial charge in [-0.25, -0.2) is 0 Å². The number of rotatable bonds is 1. The lowest BCUT2D eigenvalue weighted by molar-refractivity contribution is -0.157. The Labute approximate surface area is 84.2 Å². The molecule has 0 aromatic rings. The predicted molar refractivity (Wildman–Crippen MR) is 51.4 cm³/mol. The first kappa shape index (κ1) is 11.0. The fraction of sp³-hybridized carbons (Fsp3) is 0.800. The van der Waals surface area contributed by atoms with Gasteiger partial charge in [-0.15, -0.1) is 0 Å². The summed E-state index contributed by atoms with van der Waals surface area (Å²) in [6.45, 7) is 5.50. The predicted octanol–water partition coefficient (Wildman–Crippen LogP) is 0.972. The minimum absolute atomic E-state index is 0.201. The molecule has 14 heavy (non-hydrogen) atoms. The Bertz CT molecular complexity index is 262. The van der Waals surface area contributed by atoms with Gasteiger partial charge in [0.05, 0.1) is 12.1 Å². The van der Waals surface area contributed by atoms with Gasteiger partial charge < -0.3 is 4.74 Å². The number of hydrogen-bond donors (Lipinski definition) is 1. The summed E-state index contributed by atoms with van der Waals surface area (Å²) in [5.41, 5.74) is -0.455. The Morgan fingerprint density at radius 3 is 2.57 bits per heavy atom. The Morgan fingerprint density at radius 1 is 1.50 bits per heavy atom. The SMILES string of the molecule is CC(C)(C)OC(=O)[C@@H]1CC[C@H](C#N)N1. The lowest BCUT2D eigenvalue weighted by Crippen LogP contribution is -2.39. The maximum atomic E-state index is 11.5. The standard InChI is InChI=1S/C10H16N2O2/c1-10(2,3)14-9(13)8-5-4-7(6-11)12-8/h7-8,12H,4-5H2,1-3H3/t7-,8+/m1/s1. The molecule has 1 aliphatic rings. The van der Waals surface area contributed by atoms with Crippen LogP contribution in [0.1, 0.15) is 33.6 Å². The van der Waals surface area contributed by atoms with Crippen molar-refractivity contribution in [2.45, 2.75) is 51.3 Å². The third-order valence-corrected chi connectivity index (χ3v) is 1.99. The molecule has 4 heteroatoms. The summed E-state index contributed by atoms with van der Waals surface area (Å²) in [5, 5.41) is 11.6. The van der Waals surface area contributed by atoms with Crippen LogP contribution in [-0.4, -0.2) is 23.7 Å². The number of nitrogens with one attached hydrogen (secondary N) is 1.